The van der Waals surface area contributed by atoms with Crippen LogP contribution < -0.4 is 5.32 Å². The second kappa shape index (κ2) is 6.62. The van der Waals surface area contributed by atoms with Gasteiger partial charge in [-0.25, -0.2) is 19.4 Å². The molecule has 2 aromatic rings. The molecule has 2 aromatic heterocycles. The first-order chi connectivity index (χ1) is 11.5. The molecule has 25 heavy (non-hydrogen) atoms. The fraction of sp³-hybridized carbons (Fsp3) is 0.471. The van der Waals surface area contributed by atoms with Crippen molar-refractivity contribution in [1.29, 1.82) is 0 Å². The van der Waals surface area contributed by atoms with Crippen LogP contribution in [0.3, 0.4) is 0 Å². The number of rotatable bonds is 3. The van der Waals surface area contributed by atoms with E-state index in [1.165, 1.54) is 24.7 Å². The van der Waals surface area contributed by atoms with E-state index >= 15 is 0 Å². The Hall–Kier alpha value is -2.77. The van der Waals surface area contributed by atoms with E-state index in [0.717, 1.165) is 0 Å². The lowest BCUT2D eigenvalue weighted by Gasteiger charge is -2.19. The van der Waals surface area contributed by atoms with E-state index in [9.17, 15) is 9.59 Å². The second-order valence-electron chi connectivity index (χ2n) is 7.57. The van der Waals surface area contributed by atoms with Crippen LogP contribution in [0.25, 0.3) is 0 Å². The van der Waals surface area contributed by atoms with Crippen molar-refractivity contribution in [3.63, 3.8) is 0 Å². The molecule has 0 aliphatic rings. The van der Waals surface area contributed by atoms with Crippen LogP contribution in [0.2, 0.25) is 0 Å². The van der Waals surface area contributed by atoms with Crippen LogP contribution >= 0.6 is 0 Å². The number of anilines is 1. The fourth-order valence-electron chi connectivity index (χ4n) is 1.79. The van der Waals surface area contributed by atoms with Crippen molar-refractivity contribution in [2.24, 2.45) is 0 Å². The molecule has 0 radical (unpaired) electrons. The summed E-state index contributed by atoms with van der Waals surface area (Å²) in [5.41, 5.74) is -0.538. The molecule has 8 heteroatoms. The topological polar surface area (TPSA) is 99.0 Å². The maximum atomic E-state index is 12.2. The summed E-state index contributed by atoms with van der Waals surface area (Å²) in [5, 5.41) is 6.75. The molecule has 0 aliphatic carbocycles. The summed E-state index contributed by atoms with van der Waals surface area (Å²) < 4.78 is 6.87. The van der Waals surface area contributed by atoms with Gasteiger partial charge in [-0.15, -0.1) is 5.10 Å². The first-order valence-electron chi connectivity index (χ1n) is 7.88. The van der Waals surface area contributed by atoms with E-state index in [-0.39, 0.29) is 11.4 Å². The van der Waals surface area contributed by atoms with Crippen LogP contribution in [-0.4, -0.2) is 37.2 Å². The number of hydrogen-bond donors (Lipinski definition) is 1. The van der Waals surface area contributed by atoms with Crippen molar-refractivity contribution in [2.75, 3.05) is 5.32 Å². The maximum absolute atomic E-state index is 12.2. The SMILES string of the molecule is CC(C)(C)OC(=O)c1ccc(NC(=O)c2ncn(C(C)(C)C)n2)nc1. The van der Waals surface area contributed by atoms with Crippen molar-refractivity contribution < 1.29 is 14.3 Å². The van der Waals surface area contributed by atoms with Gasteiger partial charge in [0.25, 0.3) is 5.91 Å². The van der Waals surface area contributed by atoms with Crippen molar-refractivity contribution in [1.82, 2.24) is 19.7 Å². The van der Waals surface area contributed by atoms with Crippen molar-refractivity contribution in [3.05, 3.63) is 36.0 Å². The standard InChI is InChI=1S/C17H23N5O3/c1-16(2,3)22-10-19-13(21-22)14(23)20-12-8-7-11(9-18-12)15(24)25-17(4,5)6/h7-10H,1-6H3,(H,18,20,23). The first kappa shape index (κ1) is 18.6. The highest BCUT2D eigenvalue weighted by Gasteiger charge is 2.20. The third-order valence-corrected chi connectivity index (χ3v) is 3.02. The minimum Gasteiger partial charge on any atom is -0.456 e. The van der Waals surface area contributed by atoms with Gasteiger partial charge >= 0.3 is 5.97 Å². The molecule has 0 fully saturated rings. The summed E-state index contributed by atoms with van der Waals surface area (Å²) in [4.78, 5) is 32.2. The molecule has 134 valence electrons. The Labute approximate surface area is 146 Å². The molecule has 0 bridgehead atoms. The van der Waals surface area contributed by atoms with E-state index in [1.807, 2.05) is 20.8 Å². The minimum absolute atomic E-state index is 0.0490. The van der Waals surface area contributed by atoms with Gasteiger partial charge in [-0.3, -0.25) is 4.79 Å². The number of hydrogen-bond acceptors (Lipinski definition) is 6. The third kappa shape index (κ3) is 5.10. The molecule has 2 heterocycles. The Balaban J connectivity index is 2.05. The number of carbonyl (C=O) groups is 2. The minimum atomic E-state index is -0.582. The molecule has 0 saturated carbocycles. The smallest absolute Gasteiger partial charge is 0.340 e. The molecule has 0 unspecified atom stereocenters. The zero-order valence-electron chi connectivity index (χ0n) is 15.3. The third-order valence-electron chi connectivity index (χ3n) is 3.02. The van der Waals surface area contributed by atoms with Gasteiger partial charge in [-0.2, -0.15) is 0 Å². The summed E-state index contributed by atoms with van der Waals surface area (Å²) in [6.07, 6.45) is 2.86. The normalized spacial score (nSPS) is 11.9. The Bertz CT molecular complexity index is 767. The summed E-state index contributed by atoms with van der Waals surface area (Å²) in [7, 11) is 0. The molecular weight excluding hydrogens is 322 g/mol. The van der Waals surface area contributed by atoms with E-state index < -0.39 is 17.5 Å². The van der Waals surface area contributed by atoms with Gasteiger partial charge in [0.15, 0.2) is 0 Å². The zero-order valence-corrected chi connectivity index (χ0v) is 15.3. The van der Waals surface area contributed by atoms with E-state index in [1.54, 1.807) is 25.5 Å². The quantitative estimate of drug-likeness (QED) is 0.859. The Morgan fingerprint density at radius 3 is 2.24 bits per heavy atom. The highest BCUT2D eigenvalue weighted by molar-refractivity contribution is 6.01. The summed E-state index contributed by atoms with van der Waals surface area (Å²) >= 11 is 0. The number of ether oxygens (including phenoxy) is 1. The molecule has 0 aliphatic heterocycles. The molecule has 0 atom stereocenters. The van der Waals surface area contributed by atoms with Gasteiger partial charge in [0.1, 0.15) is 17.7 Å². The van der Waals surface area contributed by atoms with Gasteiger partial charge in [-0.05, 0) is 53.7 Å². The molecule has 1 N–H and O–H groups in total. The Kier molecular flexibility index (Phi) is 4.92. The van der Waals surface area contributed by atoms with Crippen molar-refractivity contribution >= 4 is 17.7 Å². The lowest BCUT2D eigenvalue weighted by atomic mass is 10.1. The number of nitrogens with zero attached hydrogens (tertiary/aromatic N) is 4. The summed E-state index contributed by atoms with van der Waals surface area (Å²) in [5.74, 6) is -0.596. The van der Waals surface area contributed by atoms with Crippen LogP contribution in [0.5, 0.6) is 0 Å². The van der Waals surface area contributed by atoms with Crippen LogP contribution in [0.15, 0.2) is 24.7 Å². The van der Waals surface area contributed by atoms with Crippen LogP contribution in [0.4, 0.5) is 5.82 Å². The van der Waals surface area contributed by atoms with Crippen LogP contribution in [0.1, 0.15) is 62.5 Å². The zero-order chi connectivity index (χ0) is 18.8. The van der Waals surface area contributed by atoms with Gasteiger partial charge in [0, 0.05) is 6.20 Å². The van der Waals surface area contributed by atoms with Gasteiger partial charge in [0.05, 0.1) is 11.1 Å². The summed E-state index contributed by atoms with van der Waals surface area (Å²) in [6, 6.07) is 3.07. The molecule has 1 amide bonds. The fourth-order valence-corrected chi connectivity index (χ4v) is 1.79. The maximum Gasteiger partial charge on any atom is 0.340 e. The van der Waals surface area contributed by atoms with Crippen LogP contribution in [0, 0.1) is 0 Å². The predicted molar refractivity (Wildman–Crippen MR) is 92.4 cm³/mol. The Morgan fingerprint density at radius 2 is 1.76 bits per heavy atom. The number of aromatic nitrogens is 4. The van der Waals surface area contributed by atoms with Crippen LogP contribution in [-0.2, 0) is 10.3 Å². The van der Waals surface area contributed by atoms with Gasteiger partial charge < -0.3 is 10.1 Å². The van der Waals surface area contributed by atoms with E-state index in [2.05, 4.69) is 20.4 Å². The lowest BCUT2D eigenvalue weighted by Crippen LogP contribution is -2.24. The molecule has 0 spiro atoms. The average molecular weight is 345 g/mol. The number of nitrogens with one attached hydrogen (secondary N) is 1. The largest absolute Gasteiger partial charge is 0.456 e. The lowest BCUT2D eigenvalue weighted by molar-refractivity contribution is 0.00690. The highest BCUT2D eigenvalue weighted by atomic mass is 16.6. The second-order valence-corrected chi connectivity index (χ2v) is 7.57. The summed E-state index contributed by atoms with van der Waals surface area (Å²) in [6.45, 7) is 11.2. The molecule has 0 saturated heterocycles. The first-order valence-corrected chi connectivity index (χ1v) is 7.88. The number of carbonyl (C=O) groups excluding carboxylic acids is 2. The average Bonchev–Trinajstić information content (AvgIpc) is 2.96. The van der Waals surface area contributed by atoms with Crippen molar-refractivity contribution in [3.8, 4) is 0 Å². The molecule has 2 rings (SSSR count). The van der Waals surface area contributed by atoms with Gasteiger partial charge in [-0.1, -0.05) is 0 Å². The molecular formula is C17H23N5O3. The predicted octanol–water partition coefficient (Wildman–Crippen LogP) is 2.64. The molecule has 0 aromatic carbocycles. The highest BCUT2D eigenvalue weighted by Crippen LogP contribution is 2.14. The number of esters is 1. The number of amides is 1. The molecule has 8 nitrogen and oxygen atoms in total. The van der Waals surface area contributed by atoms with Gasteiger partial charge in [0.2, 0.25) is 5.82 Å². The Morgan fingerprint density at radius 1 is 1.08 bits per heavy atom. The van der Waals surface area contributed by atoms with E-state index in [4.69, 9.17) is 4.74 Å². The van der Waals surface area contributed by atoms with E-state index in [0.29, 0.717) is 11.4 Å². The number of pyridine rings is 1. The van der Waals surface area contributed by atoms with Crippen molar-refractivity contribution in [2.45, 2.75) is 52.7 Å². The monoisotopic (exact) mass is 345 g/mol.